The first-order chi connectivity index (χ1) is 8.28. The van der Waals surface area contributed by atoms with Gasteiger partial charge in [-0.15, -0.1) is 0 Å². The van der Waals surface area contributed by atoms with Gasteiger partial charge in [0.15, 0.2) is 0 Å². The Morgan fingerprint density at radius 2 is 2.12 bits per heavy atom. The molecule has 0 spiro atoms. The smallest absolute Gasteiger partial charge is 0.228 e. The SMILES string of the molecule is CNc1nc(Cl)nc(NCC2CCCCO2)n1. The van der Waals surface area contributed by atoms with Gasteiger partial charge in [0, 0.05) is 20.2 Å². The molecule has 2 heterocycles. The van der Waals surface area contributed by atoms with E-state index in [0.29, 0.717) is 18.4 Å². The molecule has 1 aromatic rings. The molecular formula is C10H16ClN5O. The summed E-state index contributed by atoms with van der Waals surface area (Å²) >= 11 is 5.78. The van der Waals surface area contributed by atoms with Crippen LogP contribution in [0.25, 0.3) is 0 Å². The van der Waals surface area contributed by atoms with Crippen LogP contribution in [0, 0.1) is 0 Å². The summed E-state index contributed by atoms with van der Waals surface area (Å²) in [7, 11) is 1.74. The third kappa shape index (κ3) is 3.67. The monoisotopic (exact) mass is 257 g/mol. The zero-order valence-electron chi connectivity index (χ0n) is 9.74. The maximum atomic E-state index is 5.78. The first-order valence-corrected chi connectivity index (χ1v) is 6.10. The van der Waals surface area contributed by atoms with E-state index in [2.05, 4.69) is 25.6 Å². The second kappa shape index (κ2) is 5.97. The number of ether oxygens (including phenoxy) is 1. The minimum Gasteiger partial charge on any atom is -0.376 e. The molecule has 0 amide bonds. The largest absolute Gasteiger partial charge is 0.376 e. The number of anilines is 2. The molecule has 1 saturated heterocycles. The average Bonchev–Trinajstić information content (AvgIpc) is 2.37. The molecule has 1 unspecified atom stereocenters. The lowest BCUT2D eigenvalue weighted by molar-refractivity contribution is 0.0246. The fraction of sp³-hybridized carbons (Fsp3) is 0.700. The molecule has 7 heteroatoms. The van der Waals surface area contributed by atoms with Crippen molar-refractivity contribution in [3.63, 3.8) is 0 Å². The van der Waals surface area contributed by atoms with E-state index in [-0.39, 0.29) is 11.4 Å². The van der Waals surface area contributed by atoms with E-state index in [1.54, 1.807) is 7.05 Å². The number of halogens is 1. The van der Waals surface area contributed by atoms with Crippen LogP contribution < -0.4 is 10.6 Å². The van der Waals surface area contributed by atoms with E-state index in [0.717, 1.165) is 19.4 Å². The molecule has 0 radical (unpaired) electrons. The van der Waals surface area contributed by atoms with Crippen molar-refractivity contribution in [1.82, 2.24) is 15.0 Å². The summed E-state index contributed by atoms with van der Waals surface area (Å²) in [5.41, 5.74) is 0. The molecule has 0 aromatic carbocycles. The van der Waals surface area contributed by atoms with Crippen molar-refractivity contribution in [1.29, 1.82) is 0 Å². The van der Waals surface area contributed by atoms with Crippen LogP contribution in [-0.2, 0) is 4.74 Å². The second-order valence-corrected chi connectivity index (χ2v) is 4.21. The Hall–Kier alpha value is -1.14. The van der Waals surface area contributed by atoms with Crippen molar-refractivity contribution in [3.8, 4) is 0 Å². The Morgan fingerprint density at radius 1 is 1.29 bits per heavy atom. The van der Waals surface area contributed by atoms with Gasteiger partial charge in [-0.05, 0) is 30.9 Å². The van der Waals surface area contributed by atoms with E-state index >= 15 is 0 Å². The number of rotatable bonds is 4. The molecule has 17 heavy (non-hydrogen) atoms. The number of nitrogens with zero attached hydrogens (tertiary/aromatic N) is 3. The summed E-state index contributed by atoms with van der Waals surface area (Å²) in [5, 5.41) is 6.12. The Bertz CT molecular complexity index is 370. The van der Waals surface area contributed by atoms with Crippen molar-refractivity contribution >= 4 is 23.5 Å². The van der Waals surface area contributed by atoms with Gasteiger partial charge in [0.1, 0.15) is 0 Å². The predicted octanol–water partition coefficient (Wildman–Crippen LogP) is 1.55. The zero-order valence-corrected chi connectivity index (χ0v) is 10.5. The third-order valence-electron chi connectivity index (χ3n) is 2.59. The second-order valence-electron chi connectivity index (χ2n) is 3.87. The number of hydrogen-bond donors (Lipinski definition) is 2. The highest BCUT2D eigenvalue weighted by Crippen LogP contribution is 2.14. The molecule has 1 aliphatic heterocycles. The molecule has 2 N–H and O–H groups in total. The lowest BCUT2D eigenvalue weighted by Crippen LogP contribution is -2.27. The van der Waals surface area contributed by atoms with Crippen molar-refractivity contribution in [2.24, 2.45) is 0 Å². The fourth-order valence-corrected chi connectivity index (χ4v) is 1.87. The predicted molar refractivity (Wildman–Crippen MR) is 66.5 cm³/mol. The maximum Gasteiger partial charge on any atom is 0.228 e. The number of aromatic nitrogens is 3. The molecule has 0 bridgehead atoms. The first-order valence-electron chi connectivity index (χ1n) is 5.73. The molecule has 1 aromatic heterocycles. The van der Waals surface area contributed by atoms with E-state index in [1.807, 2.05) is 0 Å². The van der Waals surface area contributed by atoms with Crippen LogP contribution in [0.15, 0.2) is 0 Å². The molecule has 1 fully saturated rings. The molecular weight excluding hydrogens is 242 g/mol. The Labute approximate surface area is 105 Å². The lowest BCUT2D eigenvalue weighted by Gasteiger charge is -2.22. The van der Waals surface area contributed by atoms with Gasteiger partial charge >= 0.3 is 0 Å². The number of hydrogen-bond acceptors (Lipinski definition) is 6. The Kier molecular flexibility index (Phi) is 4.33. The van der Waals surface area contributed by atoms with Crippen molar-refractivity contribution < 1.29 is 4.74 Å². The van der Waals surface area contributed by atoms with Gasteiger partial charge in [0.05, 0.1) is 6.10 Å². The lowest BCUT2D eigenvalue weighted by atomic mass is 10.1. The summed E-state index contributed by atoms with van der Waals surface area (Å²) in [6.07, 6.45) is 3.67. The average molecular weight is 258 g/mol. The van der Waals surface area contributed by atoms with Gasteiger partial charge in [-0.3, -0.25) is 0 Å². The highest BCUT2D eigenvalue weighted by atomic mass is 35.5. The maximum absolute atomic E-state index is 5.78. The normalized spacial score (nSPS) is 20.0. The number of nitrogens with one attached hydrogen (secondary N) is 2. The van der Waals surface area contributed by atoms with Crippen LogP contribution in [0.1, 0.15) is 19.3 Å². The van der Waals surface area contributed by atoms with E-state index in [1.165, 1.54) is 6.42 Å². The Morgan fingerprint density at radius 3 is 2.82 bits per heavy atom. The highest BCUT2D eigenvalue weighted by Gasteiger charge is 2.14. The van der Waals surface area contributed by atoms with Crippen molar-refractivity contribution in [2.75, 3.05) is 30.8 Å². The quantitative estimate of drug-likeness (QED) is 0.853. The van der Waals surface area contributed by atoms with E-state index in [4.69, 9.17) is 16.3 Å². The van der Waals surface area contributed by atoms with E-state index in [9.17, 15) is 0 Å². The third-order valence-corrected chi connectivity index (χ3v) is 2.76. The van der Waals surface area contributed by atoms with Crippen LogP contribution in [0.3, 0.4) is 0 Å². The van der Waals surface area contributed by atoms with Gasteiger partial charge in [-0.1, -0.05) is 0 Å². The minimum absolute atomic E-state index is 0.177. The minimum atomic E-state index is 0.177. The molecule has 1 aliphatic rings. The molecule has 0 saturated carbocycles. The van der Waals surface area contributed by atoms with Gasteiger partial charge in [-0.2, -0.15) is 15.0 Å². The molecule has 94 valence electrons. The summed E-state index contributed by atoms with van der Waals surface area (Å²) in [6.45, 7) is 1.54. The fourth-order valence-electron chi connectivity index (χ4n) is 1.71. The van der Waals surface area contributed by atoms with Crippen LogP contribution in [-0.4, -0.2) is 41.3 Å². The molecule has 0 aliphatic carbocycles. The van der Waals surface area contributed by atoms with Gasteiger partial charge in [0.25, 0.3) is 0 Å². The molecule has 6 nitrogen and oxygen atoms in total. The van der Waals surface area contributed by atoms with Gasteiger partial charge in [-0.25, -0.2) is 0 Å². The molecule has 2 rings (SSSR count). The van der Waals surface area contributed by atoms with Crippen LogP contribution in [0.5, 0.6) is 0 Å². The standard InChI is InChI=1S/C10H16ClN5O/c1-12-9-14-8(11)15-10(16-9)13-6-7-4-2-3-5-17-7/h7H,2-6H2,1H3,(H2,12,13,14,15,16). The van der Waals surface area contributed by atoms with Crippen LogP contribution in [0.2, 0.25) is 5.28 Å². The van der Waals surface area contributed by atoms with Gasteiger partial charge in [0.2, 0.25) is 17.2 Å². The van der Waals surface area contributed by atoms with Crippen molar-refractivity contribution in [2.45, 2.75) is 25.4 Å². The molecule has 1 atom stereocenters. The topological polar surface area (TPSA) is 72.0 Å². The summed E-state index contributed by atoms with van der Waals surface area (Å²) in [4.78, 5) is 12.1. The van der Waals surface area contributed by atoms with Crippen molar-refractivity contribution in [3.05, 3.63) is 5.28 Å². The summed E-state index contributed by atoms with van der Waals surface area (Å²) in [5.74, 6) is 0.931. The van der Waals surface area contributed by atoms with Gasteiger partial charge < -0.3 is 15.4 Å². The van der Waals surface area contributed by atoms with Crippen LogP contribution in [0.4, 0.5) is 11.9 Å². The van der Waals surface area contributed by atoms with Crippen LogP contribution >= 0.6 is 11.6 Å². The zero-order chi connectivity index (χ0) is 12.1. The first kappa shape index (κ1) is 12.3. The highest BCUT2D eigenvalue weighted by molar-refractivity contribution is 6.28. The summed E-state index contributed by atoms with van der Waals surface area (Å²) < 4.78 is 5.60. The van der Waals surface area contributed by atoms with E-state index < -0.39 is 0 Å². The Balaban J connectivity index is 1.91. The summed E-state index contributed by atoms with van der Waals surface area (Å²) in [6, 6.07) is 0.